The third-order valence-corrected chi connectivity index (χ3v) is 4.03. The largest absolute Gasteiger partial charge is 0.324 e. The number of imidazole rings is 1. The Morgan fingerprint density at radius 1 is 1.16 bits per heavy atom. The molecule has 0 saturated heterocycles. The monoisotopic (exact) mass is 337 g/mol. The van der Waals surface area contributed by atoms with Gasteiger partial charge in [0, 0.05) is 24.3 Å². The lowest BCUT2D eigenvalue weighted by Crippen LogP contribution is -2.11. The van der Waals surface area contributed by atoms with Gasteiger partial charge in [-0.05, 0) is 18.6 Å². The van der Waals surface area contributed by atoms with Gasteiger partial charge < -0.3 is 4.57 Å². The summed E-state index contributed by atoms with van der Waals surface area (Å²) in [6, 6.07) is 2.94. The number of fused-ring (bicyclic) bond motifs is 1. The number of hydrogen-bond donors (Lipinski definition) is 0. The Morgan fingerprint density at radius 3 is 2.92 bits per heavy atom. The van der Waals surface area contributed by atoms with Crippen molar-refractivity contribution in [1.82, 2.24) is 34.1 Å². The summed E-state index contributed by atoms with van der Waals surface area (Å²) in [6.45, 7) is 2.58. The van der Waals surface area contributed by atoms with Gasteiger partial charge in [-0.15, -0.1) is 10.2 Å². The Labute approximate surface area is 143 Å². The molecule has 0 N–H and O–H groups in total. The van der Waals surface area contributed by atoms with E-state index < -0.39 is 5.82 Å². The van der Waals surface area contributed by atoms with Crippen LogP contribution in [0.2, 0.25) is 0 Å². The van der Waals surface area contributed by atoms with Crippen LogP contribution in [0, 0.1) is 5.82 Å². The van der Waals surface area contributed by atoms with Crippen molar-refractivity contribution in [2.75, 3.05) is 0 Å². The molecule has 0 spiro atoms. The van der Waals surface area contributed by atoms with Crippen LogP contribution in [0.15, 0.2) is 43.2 Å². The lowest BCUT2D eigenvalue weighted by Gasteiger charge is -2.12. The Kier molecular flexibility index (Phi) is 3.93. The molecule has 0 aliphatic rings. The first-order valence-corrected chi connectivity index (χ1v) is 8.06. The van der Waals surface area contributed by atoms with Crippen molar-refractivity contribution in [2.45, 2.75) is 26.3 Å². The van der Waals surface area contributed by atoms with E-state index in [9.17, 15) is 4.39 Å². The van der Waals surface area contributed by atoms with Gasteiger partial charge in [0.25, 0.3) is 0 Å². The molecule has 0 aromatic carbocycles. The highest BCUT2D eigenvalue weighted by molar-refractivity contribution is 5.50. The molecule has 4 rings (SSSR count). The number of aryl methyl sites for hydroxylation is 1. The molecule has 4 aromatic heterocycles. The number of pyridine rings is 1. The van der Waals surface area contributed by atoms with E-state index in [2.05, 4.69) is 32.1 Å². The molecular weight excluding hydrogens is 321 g/mol. The predicted molar refractivity (Wildman–Crippen MR) is 89.3 cm³/mol. The quantitative estimate of drug-likeness (QED) is 0.559. The highest BCUT2D eigenvalue weighted by Gasteiger charge is 2.15. The molecule has 0 fully saturated rings. The molecule has 0 amide bonds. The van der Waals surface area contributed by atoms with E-state index in [1.165, 1.54) is 6.07 Å². The van der Waals surface area contributed by atoms with Crippen LogP contribution in [0.25, 0.3) is 17.2 Å². The summed E-state index contributed by atoms with van der Waals surface area (Å²) in [7, 11) is 0. The molecule has 8 heteroatoms. The molecule has 0 saturated carbocycles. The van der Waals surface area contributed by atoms with Crippen molar-refractivity contribution in [3.05, 3.63) is 60.5 Å². The molecule has 126 valence electrons. The first kappa shape index (κ1) is 15.4. The Bertz CT molecular complexity index is 1020. The highest BCUT2D eigenvalue weighted by atomic mass is 19.1. The Balaban J connectivity index is 1.77. The molecule has 0 unspecified atom stereocenters. The molecule has 0 aliphatic carbocycles. The van der Waals surface area contributed by atoms with Crippen LogP contribution in [0.4, 0.5) is 4.39 Å². The lowest BCUT2D eigenvalue weighted by atomic mass is 10.2. The van der Waals surface area contributed by atoms with Crippen molar-refractivity contribution in [2.24, 2.45) is 0 Å². The van der Waals surface area contributed by atoms with E-state index in [1.54, 1.807) is 37.2 Å². The third-order valence-electron chi connectivity index (χ3n) is 4.03. The van der Waals surface area contributed by atoms with E-state index in [1.807, 2.05) is 8.97 Å². The van der Waals surface area contributed by atoms with Gasteiger partial charge in [-0.1, -0.05) is 13.3 Å². The van der Waals surface area contributed by atoms with Crippen LogP contribution in [0.1, 0.15) is 24.7 Å². The number of hydrogen-bond acceptors (Lipinski definition) is 5. The fraction of sp³-hybridized carbons (Fsp3) is 0.235. The van der Waals surface area contributed by atoms with E-state index >= 15 is 0 Å². The Morgan fingerprint density at radius 2 is 2.08 bits per heavy atom. The van der Waals surface area contributed by atoms with Crippen molar-refractivity contribution in [3.8, 4) is 11.5 Å². The average Bonchev–Trinajstić information content (AvgIpc) is 3.27. The van der Waals surface area contributed by atoms with Crippen LogP contribution in [-0.4, -0.2) is 34.1 Å². The van der Waals surface area contributed by atoms with Gasteiger partial charge >= 0.3 is 0 Å². The summed E-state index contributed by atoms with van der Waals surface area (Å²) in [5, 5.41) is 8.00. The number of rotatable bonds is 5. The van der Waals surface area contributed by atoms with Crippen LogP contribution < -0.4 is 0 Å². The second-order valence-corrected chi connectivity index (χ2v) is 5.67. The van der Waals surface area contributed by atoms with Crippen molar-refractivity contribution in [3.63, 3.8) is 0 Å². The SMILES string of the molecule is CCCc1c(Cn2ccnc2-c2ncccc2F)ncc2nncn12. The van der Waals surface area contributed by atoms with Gasteiger partial charge in [-0.25, -0.2) is 14.4 Å². The highest BCUT2D eigenvalue weighted by Crippen LogP contribution is 2.20. The van der Waals surface area contributed by atoms with Gasteiger partial charge in [0.1, 0.15) is 12.0 Å². The van der Waals surface area contributed by atoms with Crippen molar-refractivity contribution in [1.29, 1.82) is 0 Å². The summed E-state index contributed by atoms with van der Waals surface area (Å²) in [6.07, 6.45) is 10.2. The van der Waals surface area contributed by atoms with Crippen molar-refractivity contribution < 1.29 is 4.39 Å². The van der Waals surface area contributed by atoms with E-state index in [0.29, 0.717) is 18.0 Å². The smallest absolute Gasteiger partial charge is 0.179 e. The van der Waals surface area contributed by atoms with Gasteiger partial charge in [0.2, 0.25) is 0 Å². The second-order valence-electron chi connectivity index (χ2n) is 5.67. The number of nitrogens with zero attached hydrogens (tertiary/aromatic N) is 7. The minimum Gasteiger partial charge on any atom is -0.324 e. The molecule has 0 radical (unpaired) electrons. The summed E-state index contributed by atoms with van der Waals surface area (Å²) < 4.78 is 17.9. The van der Waals surface area contributed by atoms with Crippen LogP contribution in [0.3, 0.4) is 0 Å². The first-order valence-electron chi connectivity index (χ1n) is 8.06. The maximum atomic E-state index is 14.1. The molecule has 0 aliphatic heterocycles. The molecule has 0 atom stereocenters. The molecule has 25 heavy (non-hydrogen) atoms. The summed E-state index contributed by atoms with van der Waals surface area (Å²) >= 11 is 0. The van der Waals surface area contributed by atoms with Gasteiger partial charge in [0.05, 0.1) is 18.4 Å². The molecule has 7 nitrogen and oxygen atoms in total. The summed E-state index contributed by atoms with van der Waals surface area (Å²) in [4.78, 5) is 12.9. The normalized spacial score (nSPS) is 11.3. The van der Waals surface area contributed by atoms with Gasteiger partial charge in [-0.3, -0.25) is 9.38 Å². The van der Waals surface area contributed by atoms with Crippen LogP contribution in [0.5, 0.6) is 0 Å². The van der Waals surface area contributed by atoms with Crippen LogP contribution >= 0.6 is 0 Å². The number of halogens is 1. The zero-order valence-electron chi connectivity index (χ0n) is 13.7. The molecular formula is C17H16FN7. The third kappa shape index (κ3) is 2.75. The van der Waals surface area contributed by atoms with Gasteiger partial charge in [-0.2, -0.15) is 0 Å². The van der Waals surface area contributed by atoms with Crippen molar-refractivity contribution >= 4 is 5.65 Å². The Hall–Kier alpha value is -3.16. The maximum Gasteiger partial charge on any atom is 0.179 e. The van der Waals surface area contributed by atoms with Gasteiger partial charge in [0.15, 0.2) is 17.3 Å². The number of aromatic nitrogens is 7. The average molecular weight is 337 g/mol. The zero-order valence-corrected chi connectivity index (χ0v) is 13.7. The fourth-order valence-corrected chi connectivity index (χ4v) is 2.89. The summed E-state index contributed by atoms with van der Waals surface area (Å²) in [5.41, 5.74) is 2.87. The predicted octanol–water partition coefficient (Wildman–Crippen LogP) is 2.52. The zero-order chi connectivity index (χ0) is 17.2. The molecule has 4 heterocycles. The van der Waals surface area contributed by atoms with E-state index in [0.717, 1.165) is 24.2 Å². The first-order chi connectivity index (χ1) is 12.3. The lowest BCUT2D eigenvalue weighted by molar-refractivity contribution is 0.621. The standard InChI is InChI=1S/C17H16FN7/c1-2-4-14-13(21-9-15-23-22-11-25(14)15)10-24-8-7-20-17(24)16-12(18)5-3-6-19-16/h3,5-9,11H,2,4,10H2,1H3. The molecule has 4 aromatic rings. The summed E-state index contributed by atoms with van der Waals surface area (Å²) in [5.74, 6) is 0.0807. The maximum absolute atomic E-state index is 14.1. The minimum atomic E-state index is -0.397. The fourth-order valence-electron chi connectivity index (χ4n) is 2.89. The molecule has 0 bridgehead atoms. The van der Waals surface area contributed by atoms with Crippen LogP contribution in [-0.2, 0) is 13.0 Å². The van der Waals surface area contributed by atoms with E-state index in [-0.39, 0.29) is 5.69 Å². The van der Waals surface area contributed by atoms with E-state index in [4.69, 9.17) is 0 Å². The minimum absolute atomic E-state index is 0.231. The second kappa shape index (κ2) is 6.39. The topological polar surface area (TPSA) is 73.8 Å².